The summed E-state index contributed by atoms with van der Waals surface area (Å²) in [5, 5.41) is 8.95. The highest BCUT2D eigenvalue weighted by Gasteiger charge is 2.34. The van der Waals surface area contributed by atoms with E-state index in [2.05, 4.69) is 15.7 Å². The molecule has 5 nitrogen and oxygen atoms in total. The fraction of sp³-hybridized carbons (Fsp3) is 0.0714. The first-order valence-electron chi connectivity index (χ1n) is 11.6. The van der Waals surface area contributed by atoms with Gasteiger partial charge in [-0.25, -0.2) is 22.4 Å². The molecule has 0 atom stereocenters. The van der Waals surface area contributed by atoms with Crippen LogP contribution in [0, 0.1) is 23.3 Å². The average Bonchev–Trinajstić information content (AvgIpc) is 3.25. The van der Waals surface area contributed by atoms with Crippen molar-refractivity contribution in [3.05, 3.63) is 113 Å². The zero-order valence-corrected chi connectivity index (χ0v) is 20.2. The summed E-state index contributed by atoms with van der Waals surface area (Å²) in [6.07, 6.45) is -4.76. The van der Waals surface area contributed by atoms with E-state index in [1.165, 1.54) is 60.7 Å². The molecule has 1 aromatic heterocycles. The van der Waals surface area contributed by atoms with E-state index in [1.807, 2.05) is 0 Å². The van der Waals surface area contributed by atoms with Crippen molar-refractivity contribution in [3.63, 3.8) is 0 Å². The number of fused-ring (bicyclic) bond motifs is 1. The molecule has 1 heterocycles. The van der Waals surface area contributed by atoms with Crippen LogP contribution in [0.15, 0.2) is 78.9 Å². The second-order valence-corrected chi connectivity index (χ2v) is 8.69. The molecule has 12 heteroatoms. The number of halogens is 7. The Bertz CT molecular complexity index is 1710. The van der Waals surface area contributed by atoms with Gasteiger partial charge in [0.1, 0.15) is 28.8 Å². The number of nitrogens with zero attached hydrogens (tertiary/aromatic N) is 2. The van der Waals surface area contributed by atoms with Gasteiger partial charge < -0.3 is 10.6 Å². The van der Waals surface area contributed by atoms with Gasteiger partial charge in [-0.15, -0.1) is 0 Å². The van der Waals surface area contributed by atoms with Crippen LogP contribution in [0.4, 0.5) is 46.9 Å². The minimum absolute atomic E-state index is 0.0484. The standard InChI is InChI=1S/C28H17F7N4O/c29-16-12-22(31)19(23(32)13-16)14-39-26(18-4-3-5-20(25(18)38-39)28(33,34)35)15-8-10-17(11-9-15)36-27(40)37-24-7-2-1-6-21(24)30/h1-13H,14H2,(H2,36,37,40). The molecule has 4 aromatic carbocycles. The van der Waals surface area contributed by atoms with Crippen molar-refractivity contribution in [2.24, 2.45) is 0 Å². The zero-order chi connectivity index (χ0) is 28.6. The molecule has 0 aliphatic rings. The van der Waals surface area contributed by atoms with Crippen LogP contribution in [0.1, 0.15) is 11.1 Å². The molecule has 0 aliphatic carbocycles. The van der Waals surface area contributed by atoms with Crippen LogP contribution in [0.25, 0.3) is 22.2 Å². The smallest absolute Gasteiger partial charge is 0.308 e. The number of urea groups is 1. The summed E-state index contributed by atoms with van der Waals surface area (Å²) in [5.41, 5.74) is -1.46. The Hall–Kier alpha value is -4.87. The first-order valence-corrected chi connectivity index (χ1v) is 11.6. The minimum Gasteiger partial charge on any atom is -0.308 e. The van der Waals surface area contributed by atoms with Gasteiger partial charge in [0, 0.05) is 34.3 Å². The SMILES string of the molecule is O=C(Nc1ccc(-c2c3cccc(C(F)(F)F)c3nn2Cc2c(F)cc(F)cc2F)cc1)Nc1ccccc1F. The van der Waals surface area contributed by atoms with Crippen LogP contribution in [-0.2, 0) is 12.7 Å². The fourth-order valence-corrected chi connectivity index (χ4v) is 4.23. The molecule has 0 saturated carbocycles. The third kappa shape index (κ3) is 5.33. The molecule has 0 spiro atoms. The second-order valence-electron chi connectivity index (χ2n) is 8.69. The van der Waals surface area contributed by atoms with Gasteiger partial charge in [0.2, 0.25) is 0 Å². The Morgan fingerprint density at radius 1 is 0.800 bits per heavy atom. The molecule has 0 radical (unpaired) electrons. The number of carbonyl (C=O) groups excluding carboxylic acids is 1. The van der Waals surface area contributed by atoms with Crippen LogP contribution in [-0.4, -0.2) is 15.8 Å². The molecule has 2 N–H and O–H groups in total. The van der Waals surface area contributed by atoms with Gasteiger partial charge in [0.25, 0.3) is 0 Å². The maximum atomic E-state index is 14.4. The number of carbonyl (C=O) groups is 1. The third-order valence-corrected chi connectivity index (χ3v) is 6.03. The Labute approximate surface area is 221 Å². The summed E-state index contributed by atoms with van der Waals surface area (Å²) in [5.74, 6) is -4.23. The molecule has 0 saturated heterocycles. The highest BCUT2D eigenvalue weighted by molar-refractivity contribution is 6.00. The van der Waals surface area contributed by atoms with Crippen LogP contribution in [0.5, 0.6) is 0 Å². The number of hydrogen-bond donors (Lipinski definition) is 2. The quantitative estimate of drug-likeness (QED) is 0.215. The molecule has 0 aliphatic heterocycles. The molecular formula is C28H17F7N4O. The largest absolute Gasteiger partial charge is 0.418 e. The summed E-state index contributed by atoms with van der Waals surface area (Å²) in [6.45, 7) is -0.635. The van der Waals surface area contributed by atoms with Crippen LogP contribution in [0.2, 0.25) is 0 Å². The summed E-state index contributed by atoms with van der Waals surface area (Å²) in [6, 6.07) is 14.9. The molecule has 0 unspecified atom stereocenters. The number of alkyl halides is 3. The van der Waals surface area contributed by atoms with Crippen molar-refractivity contribution >= 4 is 28.3 Å². The van der Waals surface area contributed by atoms with E-state index < -0.39 is 58.7 Å². The lowest BCUT2D eigenvalue weighted by Gasteiger charge is -2.12. The number of para-hydroxylation sites is 1. The molecule has 40 heavy (non-hydrogen) atoms. The molecule has 5 aromatic rings. The minimum atomic E-state index is -4.76. The normalized spacial score (nSPS) is 11.6. The maximum absolute atomic E-state index is 14.4. The van der Waals surface area contributed by atoms with Gasteiger partial charge >= 0.3 is 12.2 Å². The molecule has 5 rings (SSSR count). The highest BCUT2D eigenvalue weighted by atomic mass is 19.4. The average molecular weight is 558 g/mol. The number of aromatic nitrogens is 2. The predicted molar refractivity (Wildman–Crippen MR) is 135 cm³/mol. The van der Waals surface area contributed by atoms with Crippen LogP contribution in [0.3, 0.4) is 0 Å². The topological polar surface area (TPSA) is 59.0 Å². The van der Waals surface area contributed by atoms with Crippen molar-refractivity contribution < 1.29 is 35.5 Å². The number of anilines is 2. The third-order valence-electron chi connectivity index (χ3n) is 6.03. The number of amides is 2. The Kier molecular flexibility index (Phi) is 6.92. The van der Waals surface area contributed by atoms with Gasteiger partial charge in [0.05, 0.1) is 23.5 Å². The van der Waals surface area contributed by atoms with E-state index >= 15 is 0 Å². The Morgan fingerprint density at radius 2 is 1.48 bits per heavy atom. The lowest BCUT2D eigenvalue weighted by atomic mass is 10.0. The van der Waals surface area contributed by atoms with Crippen molar-refractivity contribution in [2.75, 3.05) is 10.6 Å². The number of rotatable bonds is 5. The van der Waals surface area contributed by atoms with Crippen LogP contribution >= 0.6 is 0 Å². The van der Waals surface area contributed by atoms with Crippen molar-refractivity contribution in [2.45, 2.75) is 12.7 Å². The van der Waals surface area contributed by atoms with Crippen molar-refractivity contribution in [1.82, 2.24) is 9.78 Å². The van der Waals surface area contributed by atoms with E-state index in [4.69, 9.17) is 0 Å². The maximum Gasteiger partial charge on any atom is 0.418 e. The zero-order valence-electron chi connectivity index (χ0n) is 20.2. The van der Waals surface area contributed by atoms with Gasteiger partial charge in [-0.05, 0) is 30.3 Å². The summed E-state index contributed by atoms with van der Waals surface area (Å²) in [4.78, 5) is 12.3. The van der Waals surface area contributed by atoms with E-state index in [0.29, 0.717) is 17.7 Å². The first-order chi connectivity index (χ1) is 19.0. The monoisotopic (exact) mass is 558 g/mol. The van der Waals surface area contributed by atoms with Gasteiger partial charge in [0.15, 0.2) is 0 Å². The Balaban J connectivity index is 1.53. The molecular weight excluding hydrogens is 541 g/mol. The van der Waals surface area contributed by atoms with E-state index in [0.717, 1.165) is 10.7 Å². The first kappa shape index (κ1) is 26.7. The Morgan fingerprint density at radius 3 is 2.12 bits per heavy atom. The number of nitrogens with one attached hydrogen (secondary N) is 2. The lowest BCUT2D eigenvalue weighted by molar-refractivity contribution is -0.136. The predicted octanol–water partition coefficient (Wildman–Crippen LogP) is 7.97. The van der Waals surface area contributed by atoms with E-state index in [1.54, 1.807) is 0 Å². The summed E-state index contributed by atoms with van der Waals surface area (Å²) in [7, 11) is 0. The van der Waals surface area contributed by atoms with Crippen LogP contribution < -0.4 is 10.6 Å². The number of benzene rings is 4. The fourth-order valence-electron chi connectivity index (χ4n) is 4.23. The van der Waals surface area contributed by atoms with Gasteiger partial charge in [-0.1, -0.05) is 36.4 Å². The highest BCUT2D eigenvalue weighted by Crippen LogP contribution is 2.38. The van der Waals surface area contributed by atoms with Gasteiger partial charge in [-0.2, -0.15) is 18.3 Å². The molecule has 0 bridgehead atoms. The van der Waals surface area contributed by atoms with Crippen molar-refractivity contribution in [3.8, 4) is 11.3 Å². The summed E-state index contributed by atoms with van der Waals surface area (Å²) >= 11 is 0. The van der Waals surface area contributed by atoms with E-state index in [-0.39, 0.29) is 22.5 Å². The number of hydrogen-bond acceptors (Lipinski definition) is 2. The van der Waals surface area contributed by atoms with Crippen molar-refractivity contribution in [1.29, 1.82) is 0 Å². The lowest BCUT2D eigenvalue weighted by Crippen LogP contribution is -2.20. The van der Waals surface area contributed by atoms with E-state index in [9.17, 15) is 35.5 Å². The second kappa shape index (κ2) is 10.4. The molecule has 2 amide bonds. The molecule has 204 valence electrons. The molecule has 0 fully saturated rings. The summed E-state index contributed by atoms with van der Waals surface area (Å²) < 4.78 is 98.3. The van der Waals surface area contributed by atoms with Gasteiger partial charge in [-0.3, -0.25) is 4.68 Å².